The van der Waals surface area contributed by atoms with E-state index in [1.807, 2.05) is 0 Å². The Morgan fingerprint density at radius 1 is 1.04 bits per heavy atom. The maximum Gasteiger partial charge on any atom is 0.259 e. The van der Waals surface area contributed by atoms with Crippen LogP contribution in [0, 0.1) is 0 Å². The number of nitrogens with one attached hydrogen (secondary N) is 2. The molecule has 0 spiro atoms. The Morgan fingerprint density at radius 2 is 1.68 bits per heavy atom. The van der Waals surface area contributed by atoms with Crippen LogP contribution < -0.4 is 20.1 Å². The Labute approximate surface area is 155 Å². The highest BCUT2D eigenvalue weighted by Gasteiger charge is 2.18. The van der Waals surface area contributed by atoms with Gasteiger partial charge in [0.1, 0.15) is 17.1 Å². The van der Waals surface area contributed by atoms with E-state index in [-0.39, 0.29) is 12.1 Å². The molecule has 0 aliphatic rings. The molecule has 6 nitrogen and oxygen atoms in total. The highest BCUT2D eigenvalue weighted by atomic mass is 35.5. The second-order valence-corrected chi connectivity index (χ2v) is 5.74. The van der Waals surface area contributed by atoms with Crippen LogP contribution in [0.4, 0.5) is 5.69 Å². The molecule has 0 bridgehead atoms. The van der Waals surface area contributed by atoms with Crippen molar-refractivity contribution in [2.75, 3.05) is 26.1 Å². The molecule has 0 fully saturated rings. The van der Waals surface area contributed by atoms with Crippen LogP contribution in [0.3, 0.4) is 0 Å². The van der Waals surface area contributed by atoms with Gasteiger partial charge < -0.3 is 20.1 Å². The summed E-state index contributed by atoms with van der Waals surface area (Å²) in [5.41, 5.74) is 0.573. The van der Waals surface area contributed by atoms with Crippen LogP contribution in [0.1, 0.15) is 10.4 Å². The van der Waals surface area contributed by atoms with Crippen LogP contribution in [0.2, 0.25) is 10.0 Å². The Balaban J connectivity index is 2.05. The zero-order valence-corrected chi connectivity index (χ0v) is 15.1. The van der Waals surface area contributed by atoms with E-state index in [2.05, 4.69) is 10.6 Å². The molecule has 0 atom stereocenters. The van der Waals surface area contributed by atoms with Gasteiger partial charge in [-0.2, -0.15) is 0 Å². The quantitative estimate of drug-likeness (QED) is 0.802. The Bertz CT molecular complexity index is 774. The van der Waals surface area contributed by atoms with E-state index in [1.165, 1.54) is 20.3 Å². The zero-order valence-electron chi connectivity index (χ0n) is 13.6. The number of hydrogen-bond donors (Lipinski definition) is 2. The number of amides is 2. The summed E-state index contributed by atoms with van der Waals surface area (Å²) >= 11 is 11.9. The second kappa shape index (κ2) is 8.60. The monoisotopic (exact) mass is 382 g/mol. The minimum atomic E-state index is -0.498. The molecule has 0 unspecified atom stereocenters. The van der Waals surface area contributed by atoms with Gasteiger partial charge in [0.25, 0.3) is 5.91 Å². The lowest BCUT2D eigenvalue weighted by atomic mass is 10.1. The maximum absolute atomic E-state index is 12.4. The zero-order chi connectivity index (χ0) is 18.4. The molecule has 0 aromatic heterocycles. The van der Waals surface area contributed by atoms with Gasteiger partial charge in [0, 0.05) is 5.02 Å². The summed E-state index contributed by atoms with van der Waals surface area (Å²) in [5, 5.41) is 5.87. The lowest BCUT2D eigenvalue weighted by molar-refractivity contribution is -0.115. The number of rotatable bonds is 6. The molecule has 0 saturated carbocycles. The molecule has 0 aliphatic carbocycles. The van der Waals surface area contributed by atoms with Gasteiger partial charge >= 0.3 is 0 Å². The summed E-state index contributed by atoms with van der Waals surface area (Å²) in [4.78, 5) is 24.4. The van der Waals surface area contributed by atoms with Gasteiger partial charge in [-0.25, -0.2) is 0 Å². The topological polar surface area (TPSA) is 76.7 Å². The van der Waals surface area contributed by atoms with Crippen LogP contribution >= 0.6 is 23.2 Å². The van der Waals surface area contributed by atoms with Crippen molar-refractivity contribution in [3.63, 3.8) is 0 Å². The van der Waals surface area contributed by atoms with Crippen molar-refractivity contribution in [1.29, 1.82) is 0 Å². The lowest BCUT2D eigenvalue weighted by Crippen LogP contribution is -2.33. The highest BCUT2D eigenvalue weighted by molar-refractivity contribution is 6.35. The first kappa shape index (κ1) is 18.9. The third kappa shape index (κ3) is 4.78. The Hall–Kier alpha value is -2.44. The Kier molecular flexibility index (Phi) is 6.50. The van der Waals surface area contributed by atoms with Crippen molar-refractivity contribution in [3.8, 4) is 11.5 Å². The molecule has 132 valence electrons. The van der Waals surface area contributed by atoms with E-state index >= 15 is 0 Å². The predicted molar refractivity (Wildman–Crippen MR) is 97.0 cm³/mol. The van der Waals surface area contributed by atoms with E-state index in [1.54, 1.807) is 30.3 Å². The van der Waals surface area contributed by atoms with Gasteiger partial charge in [-0.3, -0.25) is 9.59 Å². The second-order valence-electron chi connectivity index (χ2n) is 4.89. The molecule has 2 aromatic carbocycles. The van der Waals surface area contributed by atoms with Gasteiger partial charge in [0.05, 0.1) is 31.5 Å². The van der Waals surface area contributed by atoms with Crippen LogP contribution in [0.15, 0.2) is 36.4 Å². The Morgan fingerprint density at radius 3 is 2.28 bits per heavy atom. The number of ether oxygens (including phenoxy) is 2. The third-order valence-corrected chi connectivity index (χ3v) is 3.83. The minimum absolute atomic E-state index is 0.209. The van der Waals surface area contributed by atoms with Crippen LogP contribution in [0.25, 0.3) is 0 Å². The number of anilines is 1. The summed E-state index contributed by atoms with van der Waals surface area (Å²) in [6.07, 6.45) is 0. The fourth-order valence-electron chi connectivity index (χ4n) is 2.11. The number of halogens is 2. The lowest BCUT2D eigenvalue weighted by Gasteiger charge is -2.13. The van der Waals surface area contributed by atoms with Gasteiger partial charge in [-0.1, -0.05) is 29.3 Å². The van der Waals surface area contributed by atoms with E-state index in [0.29, 0.717) is 27.2 Å². The highest BCUT2D eigenvalue weighted by Crippen LogP contribution is 2.28. The average molecular weight is 383 g/mol. The third-order valence-electron chi connectivity index (χ3n) is 3.27. The summed E-state index contributed by atoms with van der Waals surface area (Å²) in [6, 6.07) is 9.65. The fourth-order valence-corrected chi connectivity index (χ4v) is 2.45. The van der Waals surface area contributed by atoms with Crippen molar-refractivity contribution < 1.29 is 19.1 Å². The molecule has 2 aromatic rings. The first-order valence-corrected chi connectivity index (χ1v) is 7.96. The molecule has 2 amide bonds. The summed E-state index contributed by atoms with van der Waals surface area (Å²) in [5.74, 6) is -0.265. The number of benzene rings is 2. The SMILES string of the molecule is COc1cccc(OC)c1C(=O)NCC(=O)Nc1cc(Cl)ccc1Cl. The van der Waals surface area contributed by atoms with Crippen molar-refractivity contribution in [1.82, 2.24) is 5.32 Å². The van der Waals surface area contributed by atoms with Crippen molar-refractivity contribution in [3.05, 3.63) is 52.0 Å². The van der Waals surface area contributed by atoms with Crippen LogP contribution in [0.5, 0.6) is 11.5 Å². The standard InChI is InChI=1S/C17H16Cl2N2O4/c1-24-13-4-3-5-14(25-2)16(13)17(23)20-9-15(22)21-12-8-10(18)6-7-11(12)19/h3-8H,9H2,1-2H3,(H,20,23)(H,21,22). The summed E-state index contributed by atoms with van der Waals surface area (Å²) < 4.78 is 10.3. The van der Waals surface area contributed by atoms with Gasteiger partial charge in [0.15, 0.2) is 0 Å². The molecule has 25 heavy (non-hydrogen) atoms. The maximum atomic E-state index is 12.4. The van der Waals surface area contributed by atoms with Crippen molar-refractivity contribution in [2.45, 2.75) is 0 Å². The molecular formula is C17H16Cl2N2O4. The predicted octanol–water partition coefficient (Wildman–Crippen LogP) is 3.38. The van der Waals surface area contributed by atoms with E-state index in [4.69, 9.17) is 32.7 Å². The molecule has 0 aliphatic heterocycles. The normalized spacial score (nSPS) is 10.1. The van der Waals surface area contributed by atoms with E-state index < -0.39 is 11.8 Å². The molecule has 8 heteroatoms. The summed E-state index contributed by atoms with van der Waals surface area (Å²) in [6.45, 7) is -0.261. The van der Waals surface area contributed by atoms with Crippen LogP contribution in [-0.2, 0) is 4.79 Å². The first-order chi connectivity index (χ1) is 12.0. The average Bonchev–Trinajstić information content (AvgIpc) is 2.61. The van der Waals surface area contributed by atoms with E-state index in [0.717, 1.165) is 0 Å². The first-order valence-electron chi connectivity index (χ1n) is 7.20. The number of hydrogen-bond acceptors (Lipinski definition) is 4. The molecule has 0 heterocycles. The number of methoxy groups -OCH3 is 2. The molecule has 0 radical (unpaired) electrons. The minimum Gasteiger partial charge on any atom is -0.496 e. The van der Waals surface area contributed by atoms with E-state index in [9.17, 15) is 9.59 Å². The number of carbonyl (C=O) groups excluding carboxylic acids is 2. The van der Waals surface area contributed by atoms with Crippen molar-refractivity contribution in [2.24, 2.45) is 0 Å². The van der Waals surface area contributed by atoms with Gasteiger partial charge in [-0.15, -0.1) is 0 Å². The van der Waals surface area contributed by atoms with Crippen LogP contribution in [-0.4, -0.2) is 32.6 Å². The fraction of sp³-hybridized carbons (Fsp3) is 0.176. The van der Waals surface area contributed by atoms with Gasteiger partial charge in [0.2, 0.25) is 5.91 Å². The van der Waals surface area contributed by atoms with Crippen molar-refractivity contribution >= 4 is 40.7 Å². The summed E-state index contributed by atoms with van der Waals surface area (Å²) in [7, 11) is 2.89. The molecule has 0 saturated heterocycles. The number of carbonyl (C=O) groups is 2. The molecule has 2 N–H and O–H groups in total. The van der Waals surface area contributed by atoms with Gasteiger partial charge in [-0.05, 0) is 30.3 Å². The smallest absolute Gasteiger partial charge is 0.259 e. The molecular weight excluding hydrogens is 367 g/mol. The molecule has 2 rings (SSSR count). The largest absolute Gasteiger partial charge is 0.496 e.